The smallest absolute Gasteiger partial charge is 0.294 e. The van der Waals surface area contributed by atoms with E-state index in [2.05, 4.69) is 0 Å². The van der Waals surface area contributed by atoms with E-state index in [1.807, 2.05) is 6.92 Å². The molecule has 31 heavy (non-hydrogen) atoms. The van der Waals surface area contributed by atoms with Gasteiger partial charge in [0.05, 0.1) is 23.1 Å². The second-order valence-corrected chi connectivity index (χ2v) is 7.70. The van der Waals surface area contributed by atoms with E-state index in [4.69, 9.17) is 4.74 Å². The number of hydrogen-bond donors (Lipinski definition) is 1. The molecule has 1 aromatic heterocycles. The predicted molar refractivity (Wildman–Crippen MR) is 113 cm³/mol. The fourth-order valence-corrected chi connectivity index (χ4v) is 4.21. The molecule has 3 aromatic rings. The highest BCUT2D eigenvalue weighted by Gasteiger charge is 2.45. The molecule has 2 aromatic carbocycles. The van der Waals surface area contributed by atoms with Crippen molar-refractivity contribution in [3.05, 3.63) is 93.4 Å². The van der Waals surface area contributed by atoms with Crippen LogP contribution in [-0.4, -0.2) is 23.4 Å². The minimum absolute atomic E-state index is 0.0104. The van der Waals surface area contributed by atoms with E-state index < -0.39 is 35.1 Å². The lowest BCUT2D eigenvalue weighted by Gasteiger charge is -2.27. The number of anilines is 1. The highest BCUT2D eigenvalue weighted by molar-refractivity contribution is 7.12. The van der Waals surface area contributed by atoms with Crippen LogP contribution < -0.4 is 9.64 Å². The van der Waals surface area contributed by atoms with Crippen molar-refractivity contribution >= 4 is 28.7 Å². The van der Waals surface area contributed by atoms with Crippen LogP contribution in [-0.2, 0) is 4.79 Å². The molecule has 4 rings (SSSR count). The Morgan fingerprint density at radius 3 is 2.61 bits per heavy atom. The summed E-state index contributed by atoms with van der Waals surface area (Å²) in [5.41, 5.74) is 0.357. The number of halogens is 2. The number of ketones is 1. The zero-order valence-electron chi connectivity index (χ0n) is 16.3. The van der Waals surface area contributed by atoms with Gasteiger partial charge in [0, 0.05) is 11.8 Å². The third-order valence-electron chi connectivity index (χ3n) is 4.86. The Morgan fingerprint density at radius 1 is 1.13 bits per heavy atom. The number of thiophene rings is 1. The molecule has 0 aliphatic carbocycles. The first kappa shape index (κ1) is 20.7. The van der Waals surface area contributed by atoms with Crippen LogP contribution in [0.5, 0.6) is 5.75 Å². The Labute approximate surface area is 180 Å². The molecule has 158 valence electrons. The van der Waals surface area contributed by atoms with Crippen molar-refractivity contribution in [3.8, 4) is 5.75 Å². The second kappa shape index (κ2) is 8.31. The maximum Gasteiger partial charge on any atom is 0.294 e. The van der Waals surface area contributed by atoms with E-state index in [9.17, 15) is 23.5 Å². The first-order valence-electron chi connectivity index (χ1n) is 9.45. The van der Waals surface area contributed by atoms with Gasteiger partial charge in [-0.25, -0.2) is 8.78 Å². The number of rotatable bonds is 6. The lowest BCUT2D eigenvalue weighted by atomic mass is 9.95. The molecule has 0 bridgehead atoms. The number of ether oxygens (including phenoxy) is 1. The average Bonchev–Trinajstić information content (AvgIpc) is 3.38. The molecule has 1 unspecified atom stereocenters. The molecule has 1 aliphatic rings. The van der Waals surface area contributed by atoms with E-state index in [0.29, 0.717) is 22.8 Å². The van der Waals surface area contributed by atoms with Crippen molar-refractivity contribution in [2.24, 2.45) is 0 Å². The number of carbonyl (C=O) groups is 2. The van der Waals surface area contributed by atoms with Gasteiger partial charge in [0.25, 0.3) is 5.91 Å². The number of aliphatic hydroxyl groups is 1. The zero-order valence-corrected chi connectivity index (χ0v) is 17.2. The molecule has 0 saturated carbocycles. The Bertz CT molecular complexity index is 1190. The van der Waals surface area contributed by atoms with Crippen molar-refractivity contribution in [1.82, 2.24) is 0 Å². The van der Waals surface area contributed by atoms with Crippen LogP contribution >= 0.6 is 11.3 Å². The van der Waals surface area contributed by atoms with E-state index >= 15 is 0 Å². The van der Waals surface area contributed by atoms with Gasteiger partial charge in [-0.2, -0.15) is 0 Å². The highest BCUT2D eigenvalue weighted by atomic mass is 32.1. The Balaban J connectivity index is 1.89. The van der Waals surface area contributed by atoms with Crippen LogP contribution in [0.1, 0.15) is 28.2 Å². The molecular formula is C23H17F2NO4S. The van der Waals surface area contributed by atoms with Crippen molar-refractivity contribution < 1.29 is 28.2 Å². The van der Waals surface area contributed by atoms with Crippen molar-refractivity contribution in [2.45, 2.75) is 13.0 Å². The average molecular weight is 441 g/mol. The summed E-state index contributed by atoms with van der Waals surface area (Å²) in [7, 11) is 0. The van der Waals surface area contributed by atoms with Gasteiger partial charge >= 0.3 is 0 Å². The summed E-state index contributed by atoms with van der Waals surface area (Å²) in [6.07, 6.45) is 0. The van der Waals surface area contributed by atoms with Crippen molar-refractivity contribution in [1.29, 1.82) is 0 Å². The Morgan fingerprint density at radius 2 is 1.94 bits per heavy atom. The molecular weight excluding hydrogens is 424 g/mol. The fourth-order valence-electron chi connectivity index (χ4n) is 3.54. The number of aliphatic hydroxyl groups excluding tert-OH is 1. The fraction of sp³-hybridized carbons (Fsp3) is 0.130. The summed E-state index contributed by atoms with van der Waals surface area (Å²) >= 11 is 1.17. The third-order valence-corrected chi connectivity index (χ3v) is 5.73. The molecule has 1 atom stereocenters. The maximum atomic E-state index is 14.0. The normalized spacial score (nSPS) is 16.2. The van der Waals surface area contributed by atoms with Gasteiger partial charge in [0.1, 0.15) is 5.75 Å². The molecule has 5 nitrogen and oxygen atoms in total. The molecule has 0 spiro atoms. The summed E-state index contributed by atoms with van der Waals surface area (Å²) < 4.78 is 33.0. The molecule has 0 fully saturated rings. The minimum atomic E-state index is -1.15. The number of carbonyl (C=O) groups excluding carboxylic acids is 2. The molecule has 2 heterocycles. The number of Topliss-reactive ketones (excluding diaryl/α,β-unsaturated/α-hetero) is 1. The van der Waals surface area contributed by atoms with Crippen LogP contribution in [0, 0.1) is 11.6 Å². The number of nitrogens with zero attached hydrogens (tertiary/aromatic N) is 1. The van der Waals surface area contributed by atoms with Crippen LogP contribution in [0.3, 0.4) is 0 Å². The summed E-state index contributed by atoms with van der Waals surface area (Å²) in [5, 5.41) is 12.4. The quantitative estimate of drug-likeness (QED) is 0.534. The van der Waals surface area contributed by atoms with Crippen molar-refractivity contribution in [3.63, 3.8) is 0 Å². The topological polar surface area (TPSA) is 66.8 Å². The maximum absolute atomic E-state index is 14.0. The summed E-state index contributed by atoms with van der Waals surface area (Å²) in [5.74, 6) is -3.83. The Kier molecular flexibility index (Phi) is 5.56. The Hall–Kier alpha value is -3.52. The van der Waals surface area contributed by atoms with Gasteiger partial charge in [-0.3, -0.25) is 14.5 Å². The molecule has 1 aliphatic heterocycles. The number of amides is 1. The largest absolute Gasteiger partial charge is 0.503 e. The lowest BCUT2D eigenvalue weighted by molar-refractivity contribution is -0.117. The van der Waals surface area contributed by atoms with Gasteiger partial charge in [0.15, 0.2) is 17.4 Å². The van der Waals surface area contributed by atoms with Gasteiger partial charge < -0.3 is 9.84 Å². The summed E-state index contributed by atoms with van der Waals surface area (Å²) in [6, 6.07) is 11.9. The predicted octanol–water partition coefficient (Wildman–Crippen LogP) is 5.21. The van der Waals surface area contributed by atoms with Crippen LogP contribution in [0.15, 0.2) is 71.3 Å². The van der Waals surface area contributed by atoms with Gasteiger partial charge in [-0.05, 0) is 48.2 Å². The van der Waals surface area contributed by atoms with Crippen LogP contribution in [0.2, 0.25) is 0 Å². The SMILES string of the molecule is CCOc1cccc(C2C(C(=O)c3cccs3)=C(O)C(=O)N2c2ccc(F)c(F)c2)c1. The van der Waals surface area contributed by atoms with E-state index in [-0.39, 0.29) is 11.3 Å². The van der Waals surface area contributed by atoms with Crippen LogP contribution in [0.25, 0.3) is 0 Å². The summed E-state index contributed by atoms with van der Waals surface area (Å²) in [6.45, 7) is 2.22. The molecule has 0 saturated heterocycles. The molecule has 1 amide bonds. The van der Waals surface area contributed by atoms with E-state index in [1.54, 1.807) is 41.8 Å². The first-order chi connectivity index (χ1) is 14.9. The number of benzene rings is 2. The second-order valence-electron chi connectivity index (χ2n) is 6.75. The zero-order chi connectivity index (χ0) is 22.1. The molecule has 1 N–H and O–H groups in total. The van der Waals surface area contributed by atoms with E-state index in [1.165, 1.54) is 17.4 Å². The van der Waals surface area contributed by atoms with E-state index in [0.717, 1.165) is 17.0 Å². The minimum Gasteiger partial charge on any atom is -0.503 e. The van der Waals surface area contributed by atoms with Gasteiger partial charge in [-0.15, -0.1) is 11.3 Å². The molecule has 8 heteroatoms. The van der Waals surface area contributed by atoms with Gasteiger partial charge in [0.2, 0.25) is 5.78 Å². The molecule has 0 radical (unpaired) electrons. The number of hydrogen-bond acceptors (Lipinski definition) is 5. The van der Waals surface area contributed by atoms with Gasteiger partial charge in [-0.1, -0.05) is 18.2 Å². The summed E-state index contributed by atoms with van der Waals surface area (Å²) in [4.78, 5) is 27.6. The van der Waals surface area contributed by atoms with Crippen molar-refractivity contribution in [2.75, 3.05) is 11.5 Å². The third kappa shape index (κ3) is 3.70. The van der Waals surface area contributed by atoms with Crippen LogP contribution in [0.4, 0.5) is 14.5 Å². The lowest BCUT2D eigenvalue weighted by Crippen LogP contribution is -2.31. The standard InChI is InChI=1S/C23H17F2NO4S/c1-2-30-15-6-3-5-13(11-15)20-19(21(27)18-7-4-10-31-18)22(28)23(29)26(20)14-8-9-16(24)17(25)12-14/h3-12,20,28H,2H2,1H3. The monoisotopic (exact) mass is 441 g/mol. The highest BCUT2D eigenvalue weighted by Crippen LogP contribution is 2.43. The first-order valence-corrected chi connectivity index (χ1v) is 10.3.